The lowest BCUT2D eigenvalue weighted by molar-refractivity contribution is 0.628. The van der Waals surface area contributed by atoms with Crippen LogP contribution < -0.4 is 5.73 Å². The lowest BCUT2D eigenvalue weighted by Crippen LogP contribution is -2.19. The van der Waals surface area contributed by atoms with Gasteiger partial charge < -0.3 is 5.73 Å². The monoisotopic (exact) mass is 187 g/mol. The molecule has 74 valence electrons. The van der Waals surface area contributed by atoms with E-state index in [9.17, 15) is 0 Å². The van der Waals surface area contributed by atoms with Crippen LogP contribution in [0.4, 0.5) is 0 Å². The van der Waals surface area contributed by atoms with Crippen LogP contribution in [-0.2, 0) is 6.42 Å². The van der Waals surface area contributed by atoms with Crippen molar-refractivity contribution in [2.75, 3.05) is 0 Å². The van der Waals surface area contributed by atoms with Gasteiger partial charge in [0.15, 0.2) is 0 Å². The Kier molecular flexibility index (Phi) is 4.22. The van der Waals surface area contributed by atoms with Crippen molar-refractivity contribution in [1.82, 2.24) is 0 Å². The van der Waals surface area contributed by atoms with E-state index in [2.05, 4.69) is 37.1 Å². The third kappa shape index (κ3) is 3.24. The number of terminal acetylenes is 1. The summed E-state index contributed by atoms with van der Waals surface area (Å²) in [6, 6.07) is 8.54. The average Bonchev–Trinajstić information content (AvgIpc) is 2.17. The molecule has 0 aliphatic rings. The van der Waals surface area contributed by atoms with Crippen molar-refractivity contribution in [2.24, 2.45) is 5.73 Å². The van der Waals surface area contributed by atoms with Gasteiger partial charge in [-0.1, -0.05) is 24.3 Å². The molecule has 0 saturated heterocycles. The third-order valence-electron chi connectivity index (χ3n) is 2.43. The highest BCUT2D eigenvalue weighted by atomic mass is 14.6. The van der Waals surface area contributed by atoms with Gasteiger partial charge in [-0.15, -0.1) is 12.3 Å². The van der Waals surface area contributed by atoms with E-state index in [4.69, 9.17) is 12.2 Å². The topological polar surface area (TPSA) is 26.0 Å². The van der Waals surface area contributed by atoms with E-state index in [1.54, 1.807) is 0 Å². The van der Waals surface area contributed by atoms with Crippen molar-refractivity contribution in [2.45, 2.75) is 32.2 Å². The predicted molar refractivity (Wildman–Crippen MR) is 60.9 cm³/mol. The van der Waals surface area contributed by atoms with Gasteiger partial charge in [-0.3, -0.25) is 0 Å². The van der Waals surface area contributed by atoms with Crippen LogP contribution in [0.25, 0.3) is 0 Å². The second-order valence-electron chi connectivity index (χ2n) is 3.63. The number of nitrogens with two attached hydrogens (primary N) is 1. The van der Waals surface area contributed by atoms with Gasteiger partial charge in [-0.05, 0) is 30.9 Å². The first kappa shape index (κ1) is 10.8. The minimum Gasteiger partial charge on any atom is -0.327 e. The Morgan fingerprint density at radius 2 is 2.14 bits per heavy atom. The minimum absolute atomic E-state index is 0.139. The second-order valence-corrected chi connectivity index (χ2v) is 3.63. The van der Waals surface area contributed by atoms with Crippen LogP contribution in [0.2, 0.25) is 0 Å². The van der Waals surface area contributed by atoms with Crippen molar-refractivity contribution >= 4 is 0 Å². The zero-order valence-corrected chi connectivity index (χ0v) is 8.66. The highest BCUT2D eigenvalue weighted by Crippen LogP contribution is 2.10. The summed E-state index contributed by atoms with van der Waals surface area (Å²) in [4.78, 5) is 0. The SMILES string of the molecule is C#CCC(N)CCc1ccccc1C. The van der Waals surface area contributed by atoms with Crippen molar-refractivity contribution in [3.8, 4) is 12.3 Å². The lowest BCUT2D eigenvalue weighted by atomic mass is 10.0. The summed E-state index contributed by atoms with van der Waals surface area (Å²) in [5, 5.41) is 0. The standard InChI is InChI=1S/C13H17N/c1-3-6-13(14)10-9-12-8-5-4-7-11(12)2/h1,4-5,7-8,13H,6,9-10,14H2,2H3. The van der Waals surface area contributed by atoms with Gasteiger partial charge in [0.25, 0.3) is 0 Å². The van der Waals surface area contributed by atoms with Crippen LogP contribution in [-0.4, -0.2) is 6.04 Å². The number of aryl methyl sites for hydroxylation is 2. The summed E-state index contributed by atoms with van der Waals surface area (Å²) in [5.41, 5.74) is 8.55. The van der Waals surface area contributed by atoms with E-state index >= 15 is 0 Å². The first-order chi connectivity index (χ1) is 6.74. The molecule has 0 amide bonds. The fraction of sp³-hybridized carbons (Fsp3) is 0.385. The van der Waals surface area contributed by atoms with Crippen molar-refractivity contribution in [3.05, 3.63) is 35.4 Å². The largest absolute Gasteiger partial charge is 0.327 e. The molecule has 1 rings (SSSR count). The Hall–Kier alpha value is -1.26. The van der Waals surface area contributed by atoms with Gasteiger partial charge in [0.2, 0.25) is 0 Å². The normalized spacial score (nSPS) is 12.1. The molecular weight excluding hydrogens is 170 g/mol. The Labute approximate surface area is 86.3 Å². The quantitative estimate of drug-likeness (QED) is 0.719. The number of hydrogen-bond donors (Lipinski definition) is 1. The van der Waals surface area contributed by atoms with E-state index < -0.39 is 0 Å². The summed E-state index contributed by atoms with van der Waals surface area (Å²) < 4.78 is 0. The molecule has 1 aromatic carbocycles. The zero-order valence-electron chi connectivity index (χ0n) is 8.66. The van der Waals surface area contributed by atoms with Crippen molar-refractivity contribution in [1.29, 1.82) is 0 Å². The second kappa shape index (κ2) is 5.47. The average molecular weight is 187 g/mol. The first-order valence-electron chi connectivity index (χ1n) is 4.97. The van der Waals surface area contributed by atoms with Crippen LogP contribution in [0.5, 0.6) is 0 Å². The number of rotatable bonds is 4. The Balaban J connectivity index is 2.46. The summed E-state index contributed by atoms with van der Waals surface area (Å²) in [6.45, 7) is 2.13. The van der Waals surface area contributed by atoms with Gasteiger partial charge in [-0.25, -0.2) is 0 Å². The van der Waals surface area contributed by atoms with Gasteiger partial charge in [-0.2, -0.15) is 0 Å². The first-order valence-corrected chi connectivity index (χ1v) is 4.97. The fourth-order valence-corrected chi connectivity index (χ4v) is 1.48. The molecule has 0 spiro atoms. The van der Waals surface area contributed by atoms with Crippen LogP contribution in [0.3, 0.4) is 0 Å². The summed E-state index contributed by atoms with van der Waals surface area (Å²) in [5.74, 6) is 2.59. The lowest BCUT2D eigenvalue weighted by Gasteiger charge is -2.09. The van der Waals surface area contributed by atoms with Gasteiger partial charge in [0.1, 0.15) is 0 Å². The fourth-order valence-electron chi connectivity index (χ4n) is 1.48. The summed E-state index contributed by atoms with van der Waals surface area (Å²) in [7, 11) is 0. The minimum atomic E-state index is 0.139. The van der Waals surface area contributed by atoms with Crippen LogP contribution in [0.1, 0.15) is 24.0 Å². The molecule has 0 aliphatic heterocycles. The molecule has 0 radical (unpaired) electrons. The summed E-state index contributed by atoms with van der Waals surface area (Å²) >= 11 is 0. The molecule has 0 saturated carbocycles. The Bertz CT molecular complexity index is 322. The number of benzene rings is 1. The maximum atomic E-state index is 5.84. The van der Waals surface area contributed by atoms with Gasteiger partial charge in [0, 0.05) is 12.5 Å². The molecule has 0 heterocycles. The molecule has 0 bridgehead atoms. The molecule has 14 heavy (non-hydrogen) atoms. The highest BCUT2D eigenvalue weighted by Gasteiger charge is 2.02. The maximum Gasteiger partial charge on any atom is 0.0238 e. The Morgan fingerprint density at radius 1 is 1.43 bits per heavy atom. The summed E-state index contributed by atoms with van der Waals surface area (Å²) in [6.07, 6.45) is 7.86. The van der Waals surface area contributed by atoms with Crippen molar-refractivity contribution < 1.29 is 0 Å². The van der Waals surface area contributed by atoms with E-state index in [-0.39, 0.29) is 6.04 Å². The van der Waals surface area contributed by atoms with Crippen LogP contribution in [0.15, 0.2) is 24.3 Å². The molecule has 1 nitrogen and oxygen atoms in total. The molecule has 1 atom stereocenters. The van der Waals surface area contributed by atoms with Crippen LogP contribution in [0, 0.1) is 19.3 Å². The smallest absolute Gasteiger partial charge is 0.0238 e. The highest BCUT2D eigenvalue weighted by molar-refractivity contribution is 5.25. The van der Waals surface area contributed by atoms with E-state index in [1.807, 2.05) is 0 Å². The molecule has 1 heteroatoms. The van der Waals surface area contributed by atoms with Gasteiger partial charge >= 0.3 is 0 Å². The molecule has 0 aliphatic carbocycles. The Morgan fingerprint density at radius 3 is 2.79 bits per heavy atom. The molecule has 0 aromatic heterocycles. The molecular formula is C13H17N. The molecule has 0 fully saturated rings. The maximum absolute atomic E-state index is 5.84. The third-order valence-corrected chi connectivity index (χ3v) is 2.43. The predicted octanol–water partition coefficient (Wildman–Crippen LogP) is 2.28. The van der Waals surface area contributed by atoms with Gasteiger partial charge in [0.05, 0.1) is 0 Å². The number of hydrogen-bond acceptors (Lipinski definition) is 1. The van der Waals surface area contributed by atoms with E-state index in [0.29, 0.717) is 6.42 Å². The molecule has 1 aromatic rings. The van der Waals surface area contributed by atoms with E-state index in [1.165, 1.54) is 11.1 Å². The van der Waals surface area contributed by atoms with Crippen LogP contribution >= 0.6 is 0 Å². The zero-order chi connectivity index (χ0) is 10.4. The van der Waals surface area contributed by atoms with E-state index in [0.717, 1.165) is 12.8 Å². The molecule has 2 N–H and O–H groups in total. The molecule has 1 unspecified atom stereocenters. The van der Waals surface area contributed by atoms with Crippen molar-refractivity contribution in [3.63, 3.8) is 0 Å².